The van der Waals surface area contributed by atoms with Gasteiger partial charge in [0.2, 0.25) is 0 Å². The molecule has 0 spiro atoms. The lowest BCUT2D eigenvalue weighted by molar-refractivity contribution is 0.695. The van der Waals surface area contributed by atoms with Crippen molar-refractivity contribution < 1.29 is 0 Å². The minimum atomic E-state index is 0.506. The smallest absolute Gasteiger partial charge is 0.0628 e. The lowest BCUT2D eigenvalue weighted by atomic mass is 9.99. The molecule has 0 aliphatic heterocycles. The molecule has 1 aromatic rings. The number of hydrogen-bond donors (Lipinski definition) is 0. The maximum Gasteiger partial charge on any atom is 0.0628 e. The molecular weight excluding hydrogens is 146 g/mol. The van der Waals surface area contributed by atoms with Gasteiger partial charge in [0.15, 0.2) is 0 Å². The molecule has 12 heavy (non-hydrogen) atoms. The van der Waals surface area contributed by atoms with E-state index < -0.39 is 0 Å². The highest BCUT2D eigenvalue weighted by atomic mass is 14.3. The Morgan fingerprint density at radius 3 is 3.08 bits per heavy atom. The zero-order valence-electron chi connectivity index (χ0n) is 6.96. The van der Waals surface area contributed by atoms with Gasteiger partial charge in [-0.1, -0.05) is 24.3 Å². The van der Waals surface area contributed by atoms with Crippen molar-refractivity contribution in [1.29, 1.82) is 5.26 Å². The van der Waals surface area contributed by atoms with Crippen LogP contribution in [-0.4, -0.2) is 0 Å². The van der Waals surface area contributed by atoms with Crippen molar-refractivity contribution in [2.45, 2.75) is 25.2 Å². The summed E-state index contributed by atoms with van der Waals surface area (Å²) in [5.41, 5.74) is 2.84. The molecule has 0 radical (unpaired) electrons. The summed E-state index contributed by atoms with van der Waals surface area (Å²) in [6, 6.07) is 10.7. The predicted octanol–water partition coefficient (Wildman–Crippen LogP) is 2.63. The van der Waals surface area contributed by atoms with E-state index in [0.717, 1.165) is 12.8 Å². The van der Waals surface area contributed by atoms with Crippen LogP contribution in [0.2, 0.25) is 0 Å². The van der Waals surface area contributed by atoms with Crippen LogP contribution in [0.15, 0.2) is 24.3 Å². The molecule has 0 aromatic heterocycles. The fourth-order valence-corrected chi connectivity index (χ4v) is 1.97. The fraction of sp³-hybridized carbons (Fsp3) is 0.364. The van der Waals surface area contributed by atoms with Gasteiger partial charge in [0.25, 0.3) is 0 Å². The Morgan fingerprint density at radius 2 is 2.25 bits per heavy atom. The SMILES string of the molecule is N#CCC1CCc2ccccc21. The van der Waals surface area contributed by atoms with Crippen molar-refractivity contribution in [2.75, 3.05) is 0 Å². The van der Waals surface area contributed by atoms with Crippen LogP contribution >= 0.6 is 0 Å². The molecule has 0 heterocycles. The van der Waals surface area contributed by atoms with Crippen LogP contribution in [-0.2, 0) is 6.42 Å². The van der Waals surface area contributed by atoms with Gasteiger partial charge in [-0.15, -0.1) is 0 Å². The van der Waals surface area contributed by atoms with Crippen LogP contribution in [0.4, 0.5) is 0 Å². The van der Waals surface area contributed by atoms with Gasteiger partial charge in [0.05, 0.1) is 6.07 Å². The van der Waals surface area contributed by atoms with Gasteiger partial charge in [0, 0.05) is 6.42 Å². The number of nitriles is 1. The quantitative estimate of drug-likeness (QED) is 0.614. The second-order valence-corrected chi connectivity index (χ2v) is 3.30. The van der Waals surface area contributed by atoms with Gasteiger partial charge in [-0.3, -0.25) is 0 Å². The maximum absolute atomic E-state index is 8.60. The number of nitrogens with zero attached hydrogens (tertiary/aromatic N) is 1. The molecule has 1 heteroatoms. The minimum Gasteiger partial charge on any atom is -0.198 e. The summed E-state index contributed by atoms with van der Waals surface area (Å²) >= 11 is 0. The molecule has 2 rings (SSSR count). The zero-order chi connectivity index (χ0) is 8.39. The highest BCUT2D eigenvalue weighted by molar-refractivity contribution is 5.35. The zero-order valence-corrected chi connectivity index (χ0v) is 6.96. The first-order valence-corrected chi connectivity index (χ1v) is 4.36. The lowest BCUT2D eigenvalue weighted by Crippen LogP contribution is -1.90. The van der Waals surface area contributed by atoms with Gasteiger partial charge in [-0.2, -0.15) is 5.26 Å². The molecule has 1 nitrogen and oxygen atoms in total. The molecule has 1 unspecified atom stereocenters. The average molecular weight is 157 g/mol. The van der Waals surface area contributed by atoms with Crippen LogP contribution in [0.25, 0.3) is 0 Å². The Labute approximate surface area is 72.6 Å². The number of fused-ring (bicyclic) bond motifs is 1. The van der Waals surface area contributed by atoms with E-state index in [1.807, 2.05) is 0 Å². The normalized spacial score (nSPS) is 20.1. The molecule has 1 atom stereocenters. The Hall–Kier alpha value is -1.29. The van der Waals surface area contributed by atoms with Crippen molar-refractivity contribution in [2.24, 2.45) is 0 Å². The summed E-state index contributed by atoms with van der Waals surface area (Å²) in [7, 11) is 0. The topological polar surface area (TPSA) is 23.8 Å². The number of hydrogen-bond acceptors (Lipinski definition) is 1. The van der Waals surface area contributed by atoms with E-state index in [1.165, 1.54) is 11.1 Å². The summed E-state index contributed by atoms with van der Waals surface area (Å²) in [4.78, 5) is 0. The van der Waals surface area contributed by atoms with Crippen molar-refractivity contribution in [3.8, 4) is 6.07 Å². The van der Waals surface area contributed by atoms with E-state index in [9.17, 15) is 0 Å². The predicted molar refractivity (Wildman–Crippen MR) is 47.7 cm³/mol. The van der Waals surface area contributed by atoms with E-state index in [4.69, 9.17) is 5.26 Å². The second-order valence-electron chi connectivity index (χ2n) is 3.30. The Morgan fingerprint density at radius 1 is 1.42 bits per heavy atom. The molecule has 0 fully saturated rings. The summed E-state index contributed by atoms with van der Waals surface area (Å²) in [5.74, 6) is 0.506. The summed E-state index contributed by atoms with van der Waals surface area (Å²) in [6.45, 7) is 0. The van der Waals surface area contributed by atoms with Crippen LogP contribution in [0.3, 0.4) is 0 Å². The molecule has 1 aliphatic carbocycles. The van der Waals surface area contributed by atoms with Crippen LogP contribution in [0.1, 0.15) is 29.9 Å². The van der Waals surface area contributed by atoms with E-state index in [2.05, 4.69) is 30.3 Å². The highest BCUT2D eigenvalue weighted by Gasteiger charge is 2.20. The molecule has 0 saturated carbocycles. The molecule has 0 bridgehead atoms. The van der Waals surface area contributed by atoms with Crippen molar-refractivity contribution in [3.63, 3.8) is 0 Å². The average Bonchev–Trinajstić information content (AvgIpc) is 2.50. The van der Waals surface area contributed by atoms with Gasteiger partial charge in [0.1, 0.15) is 0 Å². The van der Waals surface area contributed by atoms with Gasteiger partial charge < -0.3 is 0 Å². The molecular formula is C11H11N. The van der Waals surface area contributed by atoms with Gasteiger partial charge >= 0.3 is 0 Å². The third-order valence-electron chi connectivity index (χ3n) is 2.59. The molecule has 0 saturated heterocycles. The Kier molecular flexibility index (Phi) is 1.83. The molecule has 60 valence electrons. The first-order valence-electron chi connectivity index (χ1n) is 4.36. The highest BCUT2D eigenvalue weighted by Crippen LogP contribution is 2.34. The third-order valence-corrected chi connectivity index (χ3v) is 2.59. The van der Waals surface area contributed by atoms with Gasteiger partial charge in [-0.25, -0.2) is 0 Å². The van der Waals surface area contributed by atoms with Crippen molar-refractivity contribution in [1.82, 2.24) is 0 Å². The standard InChI is InChI=1S/C11H11N/c12-8-7-10-6-5-9-3-1-2-4-11(9)10/h1-4,10H,5-7H2. The lowest BCUT2D eigenvalue weighted by Gasteiger charge is -2.04. The Bertz CT molecular complexity index is 322. The second kappa shape index (κ2) is 2.98. The van der Waals surface area contributed by atoms with E-state index in [1.54, 1.807) is 0 Å². The number of benzene rings is 1. The van der Waals surface area contributed by atoms with Crippen molar-refractivity contribution in [3.05, 3.63) is 35.4 Å². The monoisotopic (exact) mass is 157 g/mol. The molecule has 1 aliphatic rings. The van der Waals surface area contributed by atoms with Crippen LogP contribution < -0.4 is 0 Å². The Balaban J connectivity index is 2.31. The van der Waals surface area contributed by atoms with Gasteiger partial charge in [-0.05, 0) is 29.9 Å². The molecule has 0 amide bonds. The fourth-order valence-electron chi connectivity index (χ4n) is 1.97. The van der Waals surface area contributed by atoms with Crippen LogP contribution in [0, 0.1) is 11.3 Å². The first-order chi connectivity index (χ1) is 5.92. The van der Waals surface area contributed by atoms with Crippen LogP contribution in [0.5, 0.6) is 0 Å². The maximum atomic E-state index is 8.60. The summed E-state index contributed by atoms with van der Waals surface area (Å²) < 4.78 is 0. The first kappa shape index (κ1) is 7.36. The number of rotatable bonds is 1. The number of aryl methyl sites for hydroxylation is 1. The summed E-state index contributed by atoms with van der Waals surface area (Å²) in [5, 5.41) is 8.60. The molecule has 1 aromatic carbocycles. The summed E-state index contributed by atoms with van der Waals surface area (Å²) in [6.07, 6.45) is 2.99. The van der Waals surface area contributed by atoms with E-state index in [0.29, 0.717) is 12.3 Å². The van der Waals surface area contributed by atoms with E-state index in [-0.39, 0.29) is 0 Å². The van der Waals surface area contributed by atoms with Crippen molar-refractivity contribution >= 4 is 0 Å². The molecule has 0 N–H and O–H groups in total. The van der Waals surface area contributed by atoms with E-state index >= 15 is 0 Å². The minimum absolute atomic E-state index is 0.506. The largest absolute Gasteiger partial charge is 0.198 e. The third kappa shape index (κ3) is 1.10.